The number of rotatable bonds is 0. The van der Waals surface area contributed by atoms with Crippen LogP contribution in [0.2, 0.25) is 0 Å². The summed E-state index contributed by atoms with van der Waals surface area (Å²) < 4.78 is 45.3. The molecule has 84 valence electrons. The van der Waals surface area contributed by atoms with E-state index in [0.717, 1.165) is 6.07 Å². The second kappa shape index (κ2) is 3.22. The molecule has 4 nitrogen and oxygen atoms in total. The molecule has 0 aliphatic heterocycles. The van der Waals surface area contributed by atoms with Crippen molar-refractivity contribution in [2.24, 2.45) is 0 Å². The highest BCUT2D eigenvalue weighted by Gasteiger charge is 2.31. The predicted molar refractivity (Wildman–Crippen MR) is 46.0 cm³/mol. The van der Waals surface area contributed by atoms with Gasteiger partial charge in [0.25, 0.3) is 0 Å². The molecule has 0 amide bonds. The summed E-state index contributed by atoms with van der Waals surface area (Å²) in [7, 11) is 0. The van der Waals surface area contributed by atoms with Gasteiger partial charge in [-0.15, -0.1) is 0 Å². The molecule has 0 N–H and O–H groups in total. The Morgan fingerprint density at radius 2 is 1.75 bits per heavy atom. The Labute approximate surface area is 84.9 Å². The summed E-state index contributed by atoms with van der Waals surface area (Å²) in [6.45, 7) is 0. The van der Waals surface area contributed by atoms with Crippen LogP contribution in [-0.4, -0.2) is 0 Å². The van der Waals surface area contributed by atoms with Gasteiger partial charge in [-0.05, 0) is 18.2 Å². The smallest absolute Gasteiger partial charge is 0.394 e. The van der Waals surface area contributed by atoms with E-state index in [2.05, 4.69) is 8.83 Å². The van der Waals surface area contributed by atoms with Crippen molar-refractivity contribution in [3.8, 4) is 0 Å². The molecule has 0 saturated heterocycles. The van der Waals surface area contributed by atoms with E-state index in [0.29, 0.717) is 12.1 Å². The molecule has 0 radical (unpaired) electrons. The van der Waals surface area contributed by atoms with Crippen molar-refractivity contribution < 1.29 is 22.0 Å². The first-order valence-electron chi connectivity index (χ1n) is 4.03. The van der Waals surface area contributed by atoms with Gasteiger partial charge in [0.2, 0.25) is 0 Å². The van der Waals surface area contributed by atoms with Gasteiger partial charge in [0.15, 0.2) is 0 Å². The number of fused-ring (bicyclic) bond motifs is 1. The summed E-state index contributed by atoms with van der Waals surface area (Å²) in [5.41, 5.74) is -2.48. The van der Waals surface area contributed by atoms with Gasteiger partial charge in [-0.2, -0.15) is 13.2 Å². The van der Waals surface area contributed by atoms with E-state index >= 15 is 0 Å². The lowest BCUT2D eigenvalue weighted by Crippen LogP contribution is -2.11. The van der Waals surface area contributed by atoms with Crippen molar-refractivity contribution in [1.82, 2.24) is 0 Å². The molecule has 0 atom stereocenters. The van der Waals surface area contributed by atoms with Crippen LogP contribution in [0.25, 0.3) is 11.0 Å². The Morgan fingerprint density at radius 1 is 1.06 bits per heavy atom. The Balaban J connectivity index is 2.82. The normalized spacial score (nSPS) is 11.9. The fraction of sp³-hybridized carbons (Fsp3) is 0.111. The van der Waals surface area contributed by atoms with Crippen molar-refractivity contribution in [3.63, 3.8) is 0 Å². The SMILES string of the molecule is O=c1oc(=O)c2ccc(C(F)(F)F)cc2o1. The third kappa shape index (κ3) is 1.71. The Hall–Kier alpha value is -2.05. The molecule has 7 heteroatoms. The maximum absolute atomic E-state index is 12.3. The quantitative estimate of drug-likeness (QED) is 0.694. The van der Waals surface area contributed by atoms with Crippen LogP contribution in [0.3, 0.4) is 0 Å². The maximum Gasteiger partial charge on any atom is 0.522 e. The number of halogens is 3. The van der Waals surface area contributed by atoms with Gasteiger partial charge >= 0.3 is 17.6 Å². The van der Waals surface area contributed by atoms with E-state index < -0.39 is 28.8 Å². The van der Waals surface area contributed by atoms with Gasteiger partial charge in [-0.1, -0.05) is 0 Å². The first-order valence-corrected chi connectivity index (χ1v) is 4.03. The first kappa shape index (κ1) is 10.5. The molecule has 16 heavy (non-hydrogen) atoms. The van der Waals surface area contributed by atoms with Gasteiger partial charge in [0.05, 0.1) is 5.56 Å². The zero-order chi connectivity index (χ0) is 11.9. The highest BCUT2D eigenvalue weighted by Crippen LogP contribution is 2.30. The molecule has 2 aromatic rings. The summed E-state index contributed by atoms with van der Waals surface area (Å²) >= 11 is 0. The second-order valence-electron chi connectivity index (χ2n) is 2.95. The van der Waals surface area contributed by atoms with Crippen LogP contribution in [0.5, 0.6) is 0 Å². The summed E-state index contributed by atoms with van der Waals surface area (Å²) in [6.07, 6.45) is -4.57. The minimum atomic E-state index is -4.57. The summed E-state index contributed by atoms with van der Waals surface area (Å²) in [5.74, 6) is -1.34. The monoisotopic (exact) mass is 232 g/mol. The van der Waals surface area contributed by atoms with Crippen LogP contribution in [0.15, 0.2) is 36.6 Å². The molecule has 2 rings (SSSR count). The average molecular weight is 232 g/mol. The van der Waals surface area contributed by atoms with Crippen LogP contribution in [-0.2, 0) is 6.18 Å². The molecule has 0 saturated carbocycles. The lowest BCUT2D eigenvalue weighted by Gasteiger charge is -2.05. The first-order chi connectivity index (χ1) is 7.38. The highest BCUT2D eigenvalue weighted by atomic mass is 19.4. The molecule has 1 heterocycles. The van der Waals surface area contributed by atoms with Gasteiger partial charge in [-0.3, -0.25) is 0 Å². The van der Waals surface area contributed by atoms with Gasteiger partial charge in [-0.25, -0.2) is 9.59 Å². The number of hydrogen-bond donors (Lipinski definition) is 0. The summed E-state index contributed by atoms with van der Waals surface area (Å²) in [4.78, 5) is 21.7. The molecule has 1 aromatic heterocycles. The van der Waals surface area contributed by atoms with Crippen molar-refractivity contribution in [1.29, 1.82) is 0 Å². The largest absolute Gasteiger partial charge is 0.522 e. The number of alkyl halides is 3. The fourth-order valence-electron chi connectivity index (χ4n) is 1.19. The Bertz CT molecular complexity index is 650. The van der Waals surface area contributed by atoms with E-state index in [1.54, 1.807) is 0 Å². The average Bonchev–Trinajstić information content (AvgIpc) is 2.15. The van der Waals surface area contributed by atoms with Crippen molar-refractivity contribution in [2.75, 3.05) is 0 Å². The van der Waals surface area contributed by atoms with E-state index in [1.807, 2.05) is 0 Å². The van der Waals surface area contributed by atoms with Crippen molar-refractivity contribution in [2.45, 2.75) is 6.18 Å². The third-order valence-corrected chi connectivity index (χ3v) is 1.90. The molecule has 0 aliphatic carbocycles. The molecular weight excluding hydrogens is 229 g/mol. The van der Waals surface area contributed by atoms with Crippen LogP contribution < -0.4 is 11.4 Å². The standard InChI is InChI=1S/C9H3F3O4/c10-9(11,12)4-1-2-5-6(3-4)15-8(14)16-7(5)13/h1-3H. The van der Waals surface area contributed by atoms with Crippen LogP contribution in [0.4, 0.5) is 13.2 Å². The highest BCUT2D eigenvalue weighted by molar-refractivity contribution is 5.75. The topological polar surface area (TPSA) is 60.4 Å². The minimum absolute atomic E-state index is 0.215. The number of hydrogen-bond acceptors (Lipinski definition) is 4. The second-order valence-corrected chi connectivity index (χ2v) is 2.95. The van der Waals surface area contributed by atoms with E-state index in [4.69, 9.17) is 0 Å². The maximum atomic E-state index is 12.3. The lowest BCUT2D eigenvalue weighted by atomic mass is 10.1. The van der Waals surface area contributed by atoms with Crippen LogP contribution >= 0.6 is 0 Å². The Kier molecular flexibility index (Phi) is 2.11. The van der Waals surface area contributed by atoms with E-state index in [1.165, 1.54) is 0 Å². The third-order valence-electron chi connectivity index (χ3n) is 1.90. The van der Waals surface area contributed by atoms with Crippen molar-refractivity contribution >= 4 is 11.0 Å². The Morgan fingerprint density at radius 3 is 2.38 bits per heavy atom. The summed E-state index contributed by atoms with van der Waals surface area (Å²) in [5, 5.41) is -0.215. The van der Waals surface area contributed by atoms with Gasteiger partial charge in [0.1, 0.15) is 11.0 Å². The lowest BCUT2D eigenvalue weighted by molar-refractivity contribution is -0.137. The van der Waals surface area contributed by atoms with Gasteiger partial charge < -0.3 is 8.83 Å². The van der Waals surface area contributed by atoms with E-state index in [-0.39, 0.29) is 5.39 Å². The van der Waals surface area contributed by atoms with Crippen LogP contribution in [0.1, 0.15) is 5.56 Å². The van der Waals surface area contributed by atoms with E-state index in [9.17, 15) is 22.8 Å². The molecule has 0 aliphatic rings. The summed E-state index contributed by atoms with van der Waals surface area (Å²) in [6, 6.07) is 2.18. The zero-order valence-electron chi connectivity index (χ0n) is 7.50. The molecule has 0 unspecified atom stereocenters. The van der Waals surface area contributed by atoms with Crippen molar-refractivity contribution in [3.05, 3.63) is 44.8 Å². The minimum Gasteiger partial charge on any atom is -0.394 e. The molecular formula is C9H3F3O4. The molecule has 0 fully saturated rings. The fourth-order valence-corrected chi connectivity index (χ4v) is 1.19. The zero-order valence-corrected chi connectivity index (χ0v) is 7.50. The predicted octanol–water partition coefficient (Wildman–Crippen LogP) is 1.77. The van der Waals surface area contributed by atoms with Gasteiger partial charge in [0, 0.05) is 0 Å². The van der Waals surface area contributed by atoms with Crippen LogP contribution in [0, 0.1) is 0 Å². The molecule has 1 aromatic carbocycles. The molecule has 0 spiro atoms. The number of benzene rings is 1. The molecule has 0 bridgehead atoms.